The molecule has 1 heterocycles. The van der Waals surface area contributed by atoms with E-state index in [4.69, 9.17) is 5.73 Å². The van der Waals surface area contributed by atoms with E-state index >= 15 is 0 Å². The van der Waals surface area contributed by atoms with Gasteiger partial charge in [0.25, 0.3) is 0 Å². The van der Waals surface area contributed by atoms with E-state index in [0.29, 0.717) is 5.69 Å². The van der Waals surface area contributed by atoms with Crippen molar-refractivity contribution in [3.05, 3.63) is 24.1 Å². The molecule has 62 valence electrons. The molecule has 1 aromatic carbocycles. The van der Waals surface area contributed by atoms with Crippen LogP contribution >= 0.6 is 0 Å². The first-order valence-corrected chi connectivity index (χ1v) is 3.55. The zero-order chi connectivity index (χ0) is 8.72. The standard InChI is InChI=1S/C8H8FN3/c1-12-8-5(4-11-12)2-6(9)3-7(8)10/h2-4H,10H2,1H3. The van der Waals surface area contributed by atoms with Crippen LogP contribution in [0.4, 0.5) is 10.1 Å². The van der Waals surface area contributed by atoms with Gasteiger partial charge in [-0.25, -0.2) is 4.39 Å². The van der Waals surface area contributed by atoms with Crippen LogP contribution < -0.4 is 5.73 Å². The topological polar surface area (TPSA) is 43.8 Å². The van der Waals surface area contributed by atoms with Crippen LogP contribution in [0.25, 0.3) is 10.9 Å². The molecular formula is C8H8FN3. The largest absolute Gasteiger partial charge is 0.397 e. The normalized spacial score (nSPS) is 10.8. The van der Waals surface area contributed by atoms with Gasteiger partial charge in [0, 0.05) is 12.4 Å². The van der Waals surface area contributed by atoms with E-state index in [9.17, 15) is 4.39 Å². The van der Waals surface area contributed by atoms with Crippen molar-refractivity contribution in [2.75, 3.05) is 5.73 Å². The number of halogens is 1. The number of nitrogens with two attached hydrogens (primary N) is 1. The molecule has 2 rings (SSSR count). The summed E-state index contributed by atoms with van der Waals surface area (Å²) in [6, 6.07) is 2.71. The molecule has 0 aliphatic rings. The summed E-state index contributed by atoms with van der Waals surface area (Å²) in [6.45, 7) is 0. The molecule has 3 nitrogen and oxygen atoms in total. The zero-order valence-electron chi connectivity index (χ0n) is 6.58. The van der Waals surface area contributed by atoms with Gasteiger partial charge in [0.1, 0.15) is 5.82 Å². The number of benzene rings is 1. The SMILES string of the molecule is Cn1ncc2cc(F)cc(N)c21. The molecule has 0 saturated heterocycles. The minimum Gasteiger partial charge on any atom is -0.397 e. The van der Waals surface area contributed by atoms with Gasteiger partial charge in [-0.1, -0.05) is 0 Å². The van der Waals surface area contributed by atoms with E-state index in [1.165, 1.54) is 12.1 Å². The van der Waals surface area contributed by atoms with E-state index in [1.807, 2.05) is 0 Å². The van der Waals surface area contributed by atoms with Crippen LogP contribution in [0.1, 0.15) is 0 Å². The van der Waals surface area contributed by atoms with Gasteiger partial charge in [-0.2, -0.15) is 5.10 Å². The van der Waals surface area contributed by atoms with E-state index in [1.54, 1.807) is 17.9 Å². The van der Waals surface area contributed by atoms with E-state index in [0.717, 1.165) is 10.9 Å². The van der Waals surface area contributed by atoms with Crippen LogP contribution in [0, 0.1) is 5.82 Å². The van der Waals surface area contributed by atoms with E-state index in [2.05, 4.69) is 5.10 Å². The van der Waals surface area contributed by atoms with Gasteiger partial charge in [0.05, 0.1) is 17.4 Å². The number of aryl methyl sites for hydroxylation is 1. The van der Waals surface area contributed by atoms with Gasteiger partial charge in [0.15, 0.2) is 0 Å². The van der Waals surface area contributed by atoms with Crippen molar-refractivity contribution in [3.63, 3.8) is 0 Å². The summed E-state index contributed by atoms with van der Waals surface area (Å²) < 4.78 is 14.4. The fourth-order valence-corrected chi connectivity index (χ4v) is 1.32. The molecule has 0 spiro atoms. The van der Waals surface area contributed by atoms with Crippen molar-refractivity contribution in [1.29, 1.82) is 0 Å². The summed E-state index contributed by atoms with van der Waals surface area (Å²) in [5.74, 6) is -0.326. The summed E-state index contributed by atoms with van der Waals surface area (Å²) >= 11 is 0. The minimum absolute atomic E-state index is 0.326. The predicted octanol–water partition coefficient (Wildman–Crippen LogP) is 1.29. The second-order valence-electron chi connectivity index (χ2n) is 2.70. The smallest absolute Gasteiger partial charge is 0.126 e. The summed E-state index contributed by atoms with van der Waals surface area (Å²) in [5, 5.41) is 4.70. The molecule has 2 aromatic rings. The first-order valence-electron chi connectivity index (χ1n) is 3.55. The molecule has 0 bridgehead atoms. The third kappa shape index (κ3) is 0.845. The van der Waals surface area contributed by atoms with E-state index in [-0.39, 0.29) is 5.82 Å². The van der Waals surface area contributed by atoms with Crippen LogP contribution in [0.3, 0.4) is 0 Å². The maximum absolute atomic E-state index is 12.8. The Morgan fingerprint density at radius 3 is 3.00 bits per heavy atom. The van der Waals surface area contributed by atoms with Crippen molar-refractivity contribution in [1.82, 2.24) is 9.78 Å². The predicted molar refractivity (Wildman–Crippen MR) is 45.1 cm³/mol. The van der Waals surface area contributed by atoms with Gasteiger partial charge >= 0.3 is 0 Å². The second-order valence-corrected chi connectivity index (χ2v) is 2.70. The molecular weight excluding hydrogens is 157 g/mol. The maximum atomic E-state index is 12.8. The van der Waals surface area contributed by atoms with E-state index < -0.39 is 0 Å². The van der Waals surface area contributed by atoms with Crippen LogP contribution in [0.2, 0.25) is 0 Å². The van der Waals surface area contributed by atoms with Gasteiger partial charge in [-0.05, 0) is 12.1 Å². The molecule has 12 heavy (non-hydrogen) atoms. The molecule has 4 heteroatoms. The van der Waals surface area contributed by atoms with Crippen LogP contribution in [0.15, 0.2) is 18.3 Å². The number of fused-ring (bicyclic) bond motifs is 1. The molecule has 0 saturated carbocycles. The number of nitrogens with zero attached hydrogens (tertiary/aromatic N) is 2. The molecule has 0 amide bonds. The monoisotopic (exact) mass is 165 g/mol. The molecule has 0 fully saturated rings. The number of rotatable bonds is 0. The highest BCUT2D eigenvalue weighted by molar-refractivity contribution is 5.89. The van der Waals surface area contributed by atoms with Gasteiger partial charge in [-0.3, -0.25) is 4.68 Å². The van der Waals surface area contributed by atoms with Gasteiger partial charge < -0.3 is 5.73 Å². The third-order valence-electron chi connectivity index (χ3n) is 1.83. The Morgan fingerprint density at radius 1 is 1.50 bits per heavy atom. The van der Waals surface area contributed by atoms with Gasteiger partial charge in [0.2, 0.25) is 0 Å². The zero-order valence-corrected chi connectivity index (χ0v) is 6.58. The van der Waals surface area contributed by atoms with Crippen molar-refractivity contribution < 1.29 is 4.39 Å². The molecule has 0 atom stereocenters. The lowest BCUT2D eigenvalue weighted by Crippen LogP contribution is -1.95. The average molecular weight is 165 g/mol. The van der Waals surface area contributed by atoms with Crippen molar-refractivity contribution >= 4 is 16.6 Å². The van der Waals surface area contributed by atoms with Crippen LogP contribution in [-0.4, -0.2) is 9.78 Å². The molecule has 0 aliphatic carbocycles. The lowest BCUT2D eigenvalue weighted by atomic mass is 10.2. The Labute approximate surface area is 68.6 Å². The number of hydrogen-bond donors (Lipinski definition) is 1. The number of hydrogen-bond acceptors (Lipinski definition) is 2. The second kappa shape index (κ2) is 2.20. The third-order valence-corrected chi connectivity index (χ3v) is 1.83. The first-order chi connectivity index (χ1) is 5.68. The highest BCUT2D eigenvalue weighted by Gasteiger charge is 2.04. The first kappa shape index (κ1) is 7.09. The maximum Gasteiger partial charge on any atom is 0.126 e. The molecule has 0 unspecified atom stereocenters. The summed E-state index contributed by atoms with van der Waals surface area (Å²) in [5.41, 5.74) is 6.80. The highest BCUT2D eigenvalue weighted by Crippen LogP contribution is 2.21. The molecule has 0 aliphatic heterocycles. The summed E-state index contributed by atoms with van der Waals surface area (Å²) in [6.07, 6.45) is 1.59. The Kier molecular flexibility index (Phi) is 1.30. The molecule has 1 aromatic heterocycles. The summed E-state index contributed by atoms with van der Waals surface area (Å²) in [7, 11) is 1.77. The minimum atomic E-state index is -0.326. The van der Waals surface area contributed by atoms with Crippen molar-refractivity contribution in [3.8, 4) is 0 Å². The van der Waals surface area contributed by atoms with Crippen LogP contribution in [-0.2, 0) is 7.05 Å². The Bertz CT molecular complexity index is 433. The number of nitrogen functional groups attached to an aromatic ring is 1. The number of aromatic nitrogens is 2. The van der Waals surface area contributed by atoms with Crippen molar-refractivity contribution in [2.45, 2.75) is 0 Å². The van der Waals surface area contributed by atoms with Crippen LogP contribution in [0.5, 0.6) is 0 Å². The Morgan fingerprint density at radius 2 is 2.25 bits per heavy atom. The number of anilines is 1. The quantitative estimate of drug-likeness (QED) is 0.598. The Balaban J connectivity index is 2.93. The summed E-state index contributed by atoms with van der Waals surface area (Å²) in [4.78, 5) is 0. The van der Waals surface area contributed by atoms with Crippen molar-refractivity contribution in [2.24, 2.45) is 7.05 Å². The lowest BCUT2D eigenvalue weighted by Gasteiger charge is -1.98. The lowest BCUT2D eigenvalue weighted by molar-refractivity contribution is 0.630. The molecule has 0 radical (unpaired) electrons. The molecule has 2 N–H and O–H groups in total. The Hall–Kier alpha value is -1.58. The fourth-order valence-electron chi connectivity index (χ4n) is 1.32. The van der Waals surface area contributed by atoms with Gasteiger partial charge in [-0.15, -0.1) is 0 Å². The highest BCUT2D eigenvalue weighted by atomic mass is 19.1. The fraction of sp³-hybridized carbons (Fsp3) is 0.125. The average Bonchev–Trinajstić information content (AvgIpc) is 2.31.